The van der Waals surface area contributed by atoms with Crippen LogP contribution < -0.4 is 0 Å². The zero-order chi connectivity index (χ0) is 13.8. The Kier molecular flexibility index (Phi) is 4.87. The van der Waals surface area contributed by atoms with Crippen LogP contribution >= 0.6 is 0 Å². The molecule has 0 aliphatic carbocycles. The fourth-order valence-corrected chi connectivity index (χ4v) is 3.14. The van der Waals surface area contributed by atoms with E-state index in [0.717, 1.165) is 18.4 Å². The second-order valence-corrected chi connectivity index (χ2v) is 6.28. The van der Waals surface area contributed by atoms with E-state index in [1.54, 1.807) is 12.1 Å². The lowest BCUT2D eigenvalue weighted by Crippen LogP contribution is -2.46. The summed E-state index contributed by atoms with van der Waals surface area (Å²) in [4.78, 5) is 2.68. The van der Waals surface area contributed by atoms with E-state index in [4.69, 9.17) is 0 Å². The van der Waals surface area contributed by atoms with Crippen molar-refractivity contribution < 1.29 is 5.11 Å². The second-order valence-electron chi connectivity index (χ2n) is 6.28. The lowest BCUT2D eigenvalue weighted by atomic mass is 9.92. The smallest absolute Gasteiger partial charge is 0.115 e. The Morgan fingerprint density at radius 1 is 1.21 bits per heavy atom. The van der Waals surface area contributed by atoms with Gasteiger partial charge in [0.1, 0.15) is 5.75 Å². The molecular formula is C17H27NO. The molecule has 1 heterocycles. The Balaban J connectivity index is 1.86. The van der Waals surface area contributed by atoms with E-state index in [2.05, 4.69) is 25.7 Å². The summed E-state index contributed by atoms with van der Waals surface area (Å²) in [5, 5.41) is 9.29. The fourth-order valence-electron chi connectivity index (χ4n) is 3.14. The van der Waals surface area contributed by atoms with Gasteiger partial charge < -0.3 is 5.11 Å². The number of benzene rings is 1. The predicted molar refractivity (Wildman–Crippen MR) is 80.5 cm³/mol. The van der Waals surface area contributed by atoms with Gasteiger partial charge in [0.2, 0.25) is 0 Å². The van der Waals surface area contributed by atoms with Crippen molar-refractivity contribution in [3.8, 4) is 5.75 Å². The molecule has 0 radical (unpaired) electrons. The molecule has 0 amide bonds. The van der Waals surface area contributed by atoms with Crippen LogP contribution in [0.15, 0.2) is 24.3 Å². The van der Waals surface area contributed by atoms with Crippen molar-refractivity contribution in [1.82, 2.24) is 4.90 Å². The third-order valence-electron chi connectivity index (χ3n) is 4.52. The molecule has 1 aliphatic heterocycles. The molecule has 1 aromatic carbocycles. The van der Waals surface area contributed by atoms with E-state index in [1.165, 1.54) is 31.4 Å². The van der Waals surface area contributed by atoms with Gasteiger partial charge in [-0.05, 0) is 63.1 Å². The Morgan fingerprint density at radius 3 is 2.58 bits per heavy atom. The third-order valence-corrected chi connectivity index (χ3v) is 4.52. The zero-order valence-electron chi connectivity index (χ0n) is 12.5. The fraction of sp³-hybridized carbons (Fsp3) is 0.647. The Labute approximate surface area is 117 Å². The molecule has 1 N–H and O–H groups in total. The van der Waals surface area contributed by atoms with Crippen molar-refractivity contribution in [2.45, 2.75) is 58.5 Å². The van der Waals surface area contributed by atoms with Crippen molar-refractivity contribution in [2.24, 2.45) is 5.92 Å². The minimum absolute atomic E-state index is 0.357. The van der Waals surface area contributed by atoms with Crippen molar-refractivity contribution in [3.05, 3.63) is 29.8 Å². The summed E-state index contributed by atoms with van der Waals surface area (Å²) in [7, 11) is 0. The molecule has 0 saturated carbocycles. The van der Waals surface area contributed by atoms with Crippen LogP contribution in [0.2, 0.25) is 0 Å². The highest BCUT2D eigenvalue weighted by Crippen LogP contribution is 2.25. The molecule has 2 nitrogen and oxygen atoms in total. The number of aromatic hydroxyl groups is 1. The zero-order valence-corrected chi connectivity index (χ0v) is 12.5. The highest BCUT2D eigenvalue weighted by Gasteiger charge is 2.26. The van der Waals surface area contributed by atoms with Crippen molar-refractivity contribution >= 4 is 0 Å². The molecule has 106 valence electrons. The first-order valence-corrected chi connectivity index (χ1v) is 7.60. The minimum Gasteiger partial charge on any atom is -0.508 e. The number of phenolic OH excluding ortho intramolecular Hbond substituents is 1. The molecule has 19 heavy (non-hydrogen) atoms. The van der Waals surface area contributed by atoms with Crippen LogP contribution in [0, 0.1) is 5.92 Å². The highest BCUT2D eigenvalue weighted by molar-refractivity contribution is 5.25. The van der Waals surface area contributed by atoms with Gasteiger partial charge in [0.05, 0.1) is 0 Å². The maximum atomic E-state index is 9.29. The minimum atomic E-state index is 0.357. The third kappa shape index (κ3) is 3.97. The lowest BCUT2D eigenvalue weighted by molar-refractivity contribution is 0.0807. The topological polar surface area (TPSA) is 23.5 Å². The Bertz CT molecular complexity index is 387. The summed E-state index contributed by atoms with van der Waals surface area (Å²) in [6.07, 6.45) is 5.01. The molecule has 3 atom stereocenters. The largest absolute Gasteiger partial charge is 0.508 e. The molecule has 1 saturated heterocycles. The summed E-state index contributed by atoms with van der Waals surface area (Å²) in [5.74, 6) is 1.20. The van der Waals surface area contributed by atoms with Gasteiger partial charge in [0, 0.05) is 18.6 Å². The van der Waals surface area contributed by atoms with E-state index in [0.29, 0.717) is 11.8 Å². The van der Waals surface area contributed by atoms with E-state index in [9.17, 15) is 5.11 Å². The van der Waals surface area contributed by atoms with Gasteiger partial charge in [0.15, 0.2) is 0 Å². The quantitative estimate of drug-likeness (QED) is 0.890. The molecule has 0 aromatic heterocycles. The lowest BCUT2D eigenvalue weighted by Gasteiger charge is -2.41. The molecule has 2 heteroatoms. The van der Waals surface area contributed by atoms with Gasteiger partial charge in [-0.2, -0.15) is 0 Å². The summed E-state index contributed by atoms with van der Waals surface area (Å²) in [5.41, 5.74) is 1.32. The van der Waals surface area contributed by atoms with Gasteiger partial charge in [-0.25, -0.2) is 0 Å². The van der Waals surface area contributed by atoms with Gasteiger partial charge in [-0.15, -0.1) is 0 Å². The maximum Gasteiger partial charge on any atom is 0.115 e. The van der Waals surface area contributed by atoms with Crippen LogP contribution in [0.4, 0.5) is 0 Å². The predicted octanol–water partition coefficient (Wildman–Crippen LogP) is 3.83. The van der Waals surface area contributed by atoms with Gasteiger partial charge >= 0.3 is 0 Å². The number of phenols is 1. The van der Waals surface area contributed by atoms with Crippen LogP contribution in [0.3, 0.4) is 0 Å². The summed E-state index contributed by atoms with van der Waals surface area (Å²) >= 11 is 0. The number of nitrogens with zero attached hydrogens (tertiary/aromatic N) is 1. The van der Waals surface area contributed by atoms with Crippen molar-refractivity contribution in [3.63, 3.8) is 0 Å². The molecule has 1 aromatic rings. The number of hydrogen-bond acceptors (Lipinski definition) is 2. The number of hydrogen-bond donors (Lipinski definition) is 1. The van der Waals surface area contributed by atoms with E-state index < -0.39 is 0 Å². The molecule has 1 fully saturated rings. The van der Waals surface area contributed by atoms with E-state index >= 15 is 0 Å². The highest BCUT2D eigenvalue weighted by atomic mass is 16.3. The second kappa shape index (κ2) is 6.42. The van der Waals surface area contributed by atoms with E-state index in [-0.39, 0.29) is 0 Å². The number of likely N-dealkylation sites (tertiary alicyclic amines) is 1. The summed E-state index contributed by atoms with van der Waals surface area (Å²) < 4.78 is 0. The van der Waals surface area contributed by atoms with Crippen molar-refractivity contribution in [2.75, 3.05) is 6.54 Å². The van der Waals surface area contributed by atoms with E-state index in [1.807, 2.05) is 12.1 Å². The van der Waals surface area contributed by atoms with Crippen LogP contribution in [0.5, 0.6) is 5.75 Å². The van der Waals surface area contributed by atoms with Gasteiger partial charge in [0.25, 0.3) is 0 Å². The van der Waals surface area contributed by atoms with Crippen LogP contribution in [-0.4, -0.2) is 28.6 Å². The summed E-state index contributed by atoms with van der Waals surface area (Å²) in [6.45, 7) is 8.33. The monoisotopic (exact) mass is 261 g/mol. The average Bonchev–Trinajstić information content (AvgIpc) is 2.40. The molecule has 0 bridgehead atoms. The van der Waals surface area contributed by atoms with Crippen LogP contribution in [0.25, 0.3) is 0 Å². The molecule has 2 rings (SSSR count). The first-order valence-electron chi connectivity index (χ1n) is 7.60. The maximum absolute atomic E-state index is 9.29. The first-order chi connectivity index (χ1) is 9.06. The first kappa shape index (κ1) is 14.4. The summed E-state index contributed by atoms with van der Waals surface area (Å²) in [6, 6.07) is 9.00. The number of rotatable bonds is 4. The van der Waals surface area contributed by atoms with Crippen LogP contribution in [-0.2, 0) is 6.42 Å². The standard InChI is InChI=1S/C17H27NO/c1-13-4-5-14(2)18(12-13)15(3)6-7-16-8-10-17(19)11-9-16/h8-11,13-15,19H,4-7,12H2,1-3H3. The SMILES string of the molecule is CC1CCC(C)N(C(C)CCc2ccc(O)cc2)C1. The number of piperidine rings is 1. The van der Waals surface area contributed by atoms with Crippen LogP contribution in [0.1, 0.15) is 45.6 Å². The normalized spacial score (nSPS) is 26.3. The molecule has 1 aliphatic rings. The van der Waals surface area contributed by atoms with Gasteiger partial charge in [-0.1, -0.05) is 19.1 Å². The number of aryl methyl sites for hydroxylation is 1. The average molecular weight is 261 g/mol. The molecule has 0 spiro atoms. The van der Waals surface area contributed by atoms with Gasteiger partial charge in [-0.3, -0.25) is 4.90 Å². The Hall–Kier alpha value is -1.02. The molecule has 3 unspecified atom stereocenters. The van der Waals surface area contributed by atoms with Crippen molar-refractivity contribution in [1.29, 1.82) is 0 Å². The Morgan fingerprint density at radius 2 is 1.89 bits per heavy atom. The molecular weight excluding hydrogens is 234 g/mol.